The van der Waals surface area contributed by atoms with E-state index in [9.17, 15) is 19.2 Å². The van der Waals surface area contributed by atoms with Crippen molar-refractivity contribution in [1.82, 2.24) is 0 Å². The van der Waals surface area contributed by atoms with Gasteiger partial charge in [-0.2, -0.15) is 0 Å². The van der Waals surface area contributed by atoms with Gasteiger partial charge in [-0.3, -0.25) is 0 Å². The van der Waals surface area contributed by atoms with E-state index in [-0.39, 0.29) is 5.97 Å². The minimum Gasteiger partial charge on any atom is -0.463 e. The Morgan fingerprint density at radius 2 is 1.35 bits per heavy atom. The van der Waals surface area contributed by atoms with Crippen molar-refractivity contribution in [2.45, 2.75) is 103 Å². The number of benzene rings is 2. The molecule has 2 atom stereocenters. The van der Waals surface area contributed by atoms with E-state index in [0.29, 0.717) is 35.3 Å². The van der Waals surface area contributed by atoms with Crippen LogP contribution in [0.5, 0.6) is 5.75 Å². The molecule has 0 radical (unpaired) electrons. The van der Waals surface area contributed by atoms with Crippen LogP contribution in [0, 0.1) is 5.92 Å². The standard InChI is InChI=1S/C36H44O10/c1-6-30(37)41-21-7-8-24-9-11-25(12-10-24)26-13-15-27(16-14-26)33(38)44-29-19-17-28(18-20-29)36-45-31(34(39)42-22(2)3)32(46-36)35(40)43-23(4)5/h6,13-20,22-25,31-32,36H,1,7-12,21H2,2-5H3/t24-,25-,31-,32-/m1/s1. The summed E-state index contributed by atoms with van der Waals surface area (Å²) < 4.78 is 32.8. The fraction of sp³-hybridized carbons (Fsp3) is 0.500. The molecule has 2 aliphatic rings. The lowest BCUT2D eigenvalue weighted by molar-refractivity contribution is -0.167. The van der Waals surface area contributed by atoms with Crippen LogP contribution in [0.15, 0.2) is 61.2 Å². The highest BCUT2D eigenvalue weighted by molar-refractivity contribution is 5.91. The molecule has 0 bridgehead atoms. The van der Waals surface area contributed by atoms with Crippen LogP contribution >= 0.6 is 0 Å². The molecule has 2 aromatic rings. The first-order chi connectivity index (χ1) is 22.0. The van der Waals surface area contributed by atoms with E-state index < -0.39 is 48.6 Å². The minimum atomic E-state index is -1.28. The molecular weight excluding hydrogens is 592 g/mol. The van der Waals surface area contributed by atoms with Gasteiger partial charge in [0.25, 0.3) is 0 Å². The van der Waals surface area contributed by atoms with Crippen molar-refractivity contribution in [2.24, 2.45) is 5.92 Å². The second kappa shape index (κ2) is 16.5. The smallest absolute Gasteiger partial charge is 0.343 e. The zero-order chi connectivity index (χ0) is 33.2. The summed E-state index contributed by atoms with van der Waals surface area (Å²) in [7, 11) is 0. The summed E-state index contributed by atoms with van der Waals surface area (Å²) in [4.78, 5) is 49.3. The Hall–Kier alpha value is -4.02. The van der Waals surface area contributed by atoms with Crippen molar-refractivity contribution in [3.63, 3.8) is 0 Å². The first-order valence-electron chi connectivity index (χ1n) is 16.0. The van der Waals surface area contributed by atoms with Crippen LogP contribution in [-0.2, 0) is 38.1 Å². The van der Waals surface area contributed by atoms with Crippen molar-refractivity contribution in [1.29, 1.82) is 0 Å². The summed E-state index contributed by atoms with van der Waals surface area (Å²) in [6, 6.07) is 14.0. The van der Waals surface area contributed by atoms with Crippen LogP contribution < -0.4 is 4.74 Å². The largest absolute Gasteiger partial charge is 0.463 e. The zero-order valence-corrected chi connectivity index (χ0v) is 27.0. The van der Waals surface area contributed by atoms with Crippen LogP contribution in [0.4, 0.5) is 0 Å². The lowest BCUT2D eigenvalue weighted by atomic mass is 9.77. The van der Waals surface area contributed by atoms with Crippen LogP contribution in [0.3, 0.4) is 0 Å². The number of esters is 4. The molecule has 0 amide bonds. The number of rotatable bonds is 13. The van der Waals surface area contributed by atoms with Gasteiger partial charge in [0.1, 0.15) is 5.75 Å². The highest BCUT2D eigenvalue weighted by Gasteiger charge is 2.48. The molecule has 1 aliphatic carbocycles. The third-order valence-corrected chi connectivity index (χ3v) is 7.98. The summed E-state index contributed by atoms with van der Waals surface area (Å²) in [5, 5.41) is 0. The van der Waals surface area contributed by atoms with Gasteiger partial charge < -0.3 is 28.4 Å². The predicted molar refractivity (Wildman–Crippen MR) is 168 cm³/mol. The maximum atomic E-state index is 12.9. The van der Waals surface area contributed by atoms with E-state index in [1.165, 1.54) is 11.6 Å². The van der Waals surface area contributed by atoms with Gasteiger partial charge in [-0.1, -0.05) is 30.8 Å². The SMILES string of the molecule is C=CC(=O)OCCC[C@H]1CC[C@H](c2ccc(C(=O)Oc3ccc(C4O[C@@H](C(=O)OC(C)C)[C@H](C(=O)OC(C)C)O4)cc3)cc2)CC1. The molecular formula is C36H44O10. The van der Waals surface area contributed by atoms with Gasteiger partial charge in [0, 0.05) is 11.6 Å². The molecule has 0 unspecified atom stereocenters. The molecule has 10 nitrogen and oxygen atoms in total. The van der Waals surface area contributed by atoms with Crippen LogP contribution in [0.2, 0.25) is 0 Å². The van der Waals surface area contributed by atoms with Gasteiger partial charge in [-0.05, 0) is 108 Å². The summed E-state index contributed by atoms with van der Waals surface area (Å²) in [6.45, 7) is 10.6. The van der Waals surface area contributed by atoms with Crippen LogP contribution in [0.1, 0.15) is 99.9 Å². The molecule has 46 heavy (non-hydrogen) atoms. The topological polar surface area (TPSA) is 124 Å². The van der Waals surface area contributed by atoms with Gasteiger partial charge >= 0.3 is 23.9 Å². The Labute approximate surface area is 270 Å². The highest BCUT2D eigenvalue weighted by Crippen LogP contribution is 2.38. The maximum absolute atomic E-state index is 12.9. The first-order valence-corrected chi connectivity index (χ1v) is 16.0. The number of carbonyl (C=O) groups is 4. The van der Waals surface area contributed by atoms with E-state index in [0.717, 1.165) is 38.5 Å². The average Bonchev–Trinajstić information content (AvgIpc) is 3.49. The quantitative estimate of drug-likeness (QED) is 0.0805. The van der Waals surface area contributed by atoms with Gasteiger partial charge in [0.2, 0.25) is 0 Å². The molecule has 2 aromatic carbocycles. The monoisotopic (exact) mass is 636 g/mol. The second-order valence-electron chi connectivity index (χ2n) is 12.2. The van der Waals surface area contributed by atoms with Crippen molar-refractivity contribution in [3.05, 3.63) is 77.9 Å². The van der Waals surface area contributed by atoms with E-state index in [1.54, 1.807) is 64.1 Å². The molecule has 248 valence electrons. The zero-order valence-electron chi connectivity index (χ0n) is 27.0. The Kier molecular flexibility index (Phi) is 12.5. The summed E-state index contributed by atoms with van der Waals surface area (Å²) >= 11 is 0. The molecule has 0 aromatic heterocycles. The molecule has 1 aliphatic heterocycles. The Morgan fingerprint density at radius 1 is 0.804 bits per heavy atom. The predicted octanol–water partition coefficient (Wildman–Crippen LogP) is 6.37. The number of hydrogen-bond donors (Lipinski definition) is 0. The Bertz CT molecular complexity index is 1310. The van der Waals surface area contributed by atoms with Gasteiger partial charge in [-0.25, -0.2) is 19.2 Å². The Morgan fingerprint density at radius 3 is 1.87 bits per heavy atom. The molecule has 0 spiro atoms. The Balaban J connectivity index is 1.28. The summed E-state index contributed by atoms with van der Waals surface area (Å²) in [5.74, 6) is -0.882. The summed E-state index contributed by atoms with van der Waals surface area (Å²) in [6.07, 6.45) is 3.13. The summed E-state index contributed by atoms with van der Waals surface area (Å²) in [5.41, 5.74) is 2.18. The molecule has 1 saturated heterocycles. The van der Waals surface area contributed by atoms with Crippen LogP contribution in [0.25, 0.3) is 0 Å². The van der Waals surface area contributed by atoms with Crippen molar-refractivity contribution >= 4 is 23.9 Å². The van der Waals surface area contributed by atoms with Gasteiger partial charge in [0.05, 0.1) is 24.4 Å². The minimum absolute atomic E-state index is 0.319. The lowest BCUT2D eigenvalue weighted by Gasteiger charge is -2.29. The molecule has 1 saturated carbocycles. The first kappa shape index (κ1) is 34.8. The second-order valence-corrected chi connectivity index (χ2v) is 12.2. The lowest BCUT2D eigenvalue weighted by Crippen LogP contribution is -2.40. The molecule has 4 rings (SSSR count). The highest BCUT2D eigenvalue weighted by atomic mass is 16.8. The van der Waals surface area contributed by atoms with Crippen molar-refractivity contribution < 1.29 is 47.6 Å². The van der Waals surface area contributed by atoms with E-state index in [2.05, 4.69) is 6.58 Å². The molecule has 1 heterocycles. The third kappa shape index (κ3) is 9.74. The maximum Gasteiger partial charge on any atom is 0.343 e. The number of hydrogen-bond acceptors (Lipinski definition) is 10. The fourth-order valence-corrected chi connectivity index (χ4v) is 5.69. The number of ether oxygens (including phenoxy) is 6. The fourth-order valence-electron chi connectivity index (χ4n) is 5.69. The van der Waals surface area contributed by atoms with E-state index in [1.807, 2.05) is 12.1 Å². The van der Waals surface area contributed by atoms with Crippen LogP contribution in [-0.4, -0.2) is 54.9 Å². The third-order valence-electron chi connectivity index (χ3n) is 7.98. The van der Waals surface area contributed by atoms with Gasteiger partial charge in [-0.15, -0.1) is 0 Å². The van der Waals surface area contributed by atoms with E-state index >= 15 is 0 Å². The normalized spacial score (nSPS) is 21.5. The van der Waals surface area contributed by atoms with Crippen molar-refractivity contribution in [3.8, 4) is 5.75 Å². The van der Waals surface area contributed by atoms with E-state index in [4.69, 9.17) is 28.4 Å². The average molecular weight is 637 g/mol. The number of carbonyl (C=O) groups excluding carboxylic acids is 4. The van der Waals surface area contributed by atoms with Crippen molar-refractivity contribution in [2.75, 3.05) is 6.61 Å². The molecule has 2 fully saturated rings. The molecule has 10 heteroatoms. The van der Waals surface area contributed by atoms with Gasteiger partial charge in [0.15, 0.2) is 18.5 Å². The molecule has 0 N–H and O–H groups in total.